The molecule has 0 spiro atoms. The second-order valence-corrected chi connectivity index (χ2v) is 2.92. The van der Waals surface area contributed by atoms with Crippen LogP contribution < -0.4 is 10.6 Å². The van der Waals surface area contributed by atoms with Gasteiger partial charge in [0.1, 0.15) is 12.6 Å². The molecule has 2 heteroatoms. The van der Waals surface area contributed by atoms with E-state index in [0.29, 0.717) is 0 Å². The second-order valence-electron chi connectivity index (χ2n) is 2.92. The van der Waals surface area contributed by atoms with Crippen LogP contribution in [0.3, 0.4) is 0 Å². The maximum absolute atomic E-state index is 4.03. The number of likely N-dealkylation sites (tertiary alicyclic amines) is 1. The topological polar surface area (TPSA) is 32.1 Å². The lowest BCUT2D eigenvalue weighted by Gasteiger charge is -2.21. The predicted molar refractivity (Wildman–Crippen MR) is 32.5 cm³/mol. The third kappa shape index (κ3) is 1.46. The Morgan fingerprint density at radius 1 is 1.62 bits per heavy atom. The van der Waals surface area contributed by atoms with Gasteiger partial charge in [0.2, 0.25) is 0 Å². The molecule has 1 aliphatic heterocycles. The average Bonchev–Trinajstić information content (AvgIpc) is 1.64. The molecule has 0 aromatic rings. The largest absolute Gasteiger partial charge is 0.350 e. The van der Waals surface area contributed by atoms with Crippen molar-refractivity contribution < 1.29 is 10.6 Å². The molecule has 1 aliphatic rings. The molecule has 2 atom stereocenters. The predicted octanol–water partition coefficient (Wildman–Crippen LogP) is -2.09. The van der Waals surface area contributed by atoms with Gasteiger partial charge in [0.05, 0.1) is 13.6 Å². The van der Waals surface area contributed by atoms with Crippen LogP contribution in [0.4, 0.5) is 0 Å². The van der Waals surface area contributed by atoms with Crippen molar-refractivity contribution >= 4 is 0 Å². The van der Waals surface area contributed by atoms with Gasteiger partial charge in [-0.15, -0.1) is 0 Å². The van der Waals surface area contributed by atoms with Gasteiger partial charge in [-0.2, -0.15) is 0 Å². The van der Waals surface area contributed by atoms with Crippen molar-refractivity contribution in [1.29, 1.82) is 0 Å². The minimum Gasteiger partial charge on any atom is -0.350 e. The van der Waals surface area contributed by atoms with Crippen molar-refractivity contribution in [3.8, 4) is 0 Å². The van der Waals surface area contributed by atoms with E-state index in [2.05, 4.69) is 12.8 Å². The molecule has 0 saturated carbocycles. The Morgan fingerprint density at radius 3 is 2.75 bits per heavy atom. The van der Waals surface area contributed by atoms with Crippen LogP contribution in [0.15, 0.2) is 0 Å². The molecule has 1 rings (SSSR count). The van der Waals surface area contributed by atoms with Crippen LogP contribution in [0.5, 0.6) is 0 Å². The summed E-state index contributed by atoms with van der Waals surface area (Å²) >= 11 is 0. The summed E-state index contributed by atoms with van der Waals surface area (Å²) < 4.78 is 0. The first-order valence-corrected chi connectivity index (χ1v) is 3.43. The van der Waals surface area contributed by atoms with Gasteiger partial charge in [0, 0.05) is 12.8 Å². The zero-order valence-corrected chi connectivity index (χ0v) is 5.61. The number of quaternary nitrogens is 2. The fourth-order valence-electron chi connectivity index (χ4n) is 1.39. The smallest absolute Gasteiger partial charge is 0.134 e. The first-order valence-electron chi connectivity index (χ1n) is 3.43. The van der Waals surface area contributed by atoms with E-state index in [1.165, 1.54) is 25.9 Å². The van der Waals surface area contributed by atoms with E-state index in [9.17, 15) is 0 Å². The lowest BCUT2D eigenvalue weighted by molar-refractivity contribution is -0.896. The highest BCUT2D eigenvalue weighted by molar-refractivity contribution is 4.54. The molecule has 0 amide bonds. The summed E-state index contributed by atoms with van der Waals surface area (Å²) in [6.07, 6.45) is 2.72. The zero-order chi connectivity index (χ0) is 5.98. The Labute approximate surface area is 50.7 Å². The Balaban J connectivity index is 2.23. The maximum atomic E-state index is 4.03. The van der Waals surface area contributed by atoms with E-state index >= 15 is 0 Å². The van der Waals surface area contributed by atoms with Crippen molar-refractivity contribution in [2.75, 3.05) is 20.1 Å². The van der Waals surface area contributed by atoms with Crippen molar-refractivity contribution in [3.63, 3.8) is 0 Å². The van der Waals surface area contributed by atoms with E-state index in [1.54, 1.807) is 4.90 Å². The van der Waals surface area contributed by atoms with E-state index < -0.39 is 0 Å². The normalized spacial score (nSPS) is 39.8. The maximum Gasteiger partial charge on any atom is 0.134 e. The summed E-state index contributed by atoms with van der Waals surface area (Å²) in [6.45, 7) is 2.63. The summed E-state index contributed by atoms with van der Waals surface area (Å²) in [4.78, 5) is 1.65. The van der Waals surface area contributed by atoms with E-state index in [1.807, 2.05) is 0 Å². The summed E-state index contributed by atoms with van der Waals surface area (Å²) in [7, 11) is 2.25. The van der Waals surface area contributed by atoms with Crippen molar-refractivity contribution in [2.45, 2.75) is 18.9 Å². The standard InChI is InChI=1S/C6H14N2/c1-8-4-2-3-6(7)5-8/h6H,2-5,7H2,1H3/p+2/t6-/m1/s1. The number of hydrogen-bond acceptors (Lipinski definition) is 0. The first-order chi connectivity index (χ1) is 3.79. The molecule has 2 nitrogen and oxygen atoms in total. The molecule has 0 radical (unpaired) electrons. The molecule has 0 aliphatic carbocycles. The molecule has 1 unspecified atom stereocenters. The molecule has 0 aromatic carbocycles. The fourth-order valence-corrected chi connectivity index (χ4v) is 1.39. The van der Waals surface area contributed by atoms with Crippen LogP contribution in [0.2, 0.25) is 0 Å². The third-order valence-electron chi connectivity index (χ3n) is 1.85. The highest BCUT2D eigenvalue weighted by atomic mass is 15.1. The van der Waals surface area contributed by atoms with Gasteiger partial charge in [0.15, 0.2) is 0 Å². The summed E-state index contributed by atoms with van der Waals surface area (Å²) in [5.41, 5.74) is 4.03. The van der Waals surface area contributed by atoms with Crippen molar-refractivity contribution in [2.24, 2.45) is 0 Å². The van der Waals surface area contributed by atoms with Crippen LogP contribution in [-0.4, -0.2) is 26.2 Å². The molecule has 0 aromatic heterocycles. The number of piperidine rings is 1. The van der Waals surface area contributed by atoms with Crippen molar-refractivity contribution in [3.05, 3.63) is 0 Å². The van der Waals surface area contributed by atoms with Crippen LogP contribution in [-0.2, 0) is 0 Å². The van der Waals surface area contributed by atoms with E-state index in [0.717, 1.165) is 6.04 Å². The molecule has 1 fully saturated rings. The quantitative estimate of drug-likeness (QED) is 0.364. The van der Waals surface area contributed by atoms with Crippen LogP contribution in [0.25, 0.3) is 0 Å². The van der Waals surface area contributed by atoms with Crippen molar-refractivity contribution in [1.82, 2.24) is 0 Å². The Hall–Kier alpha value is -0.0800. The lowest BCUT2D eigenvalue weighted by atomic mass is 10.1. The minimum atomic E-state index is 0.726. The van der Waals surface area contributed by atoms with Crippen LogP contribution in [0, 0.1) is 0 Å². The van der Waals surface area contributed by atoms with Gasteiger partial charge in [-0.25, -0.2) is 0 Å². The van der Waals surface area contributed by atoms with Crippen LogP contribution >= 0.6 is 0 Å². The number of nitrogens with one attached hydrogen (secondary N) is 1. The molecule has 4 N–H and O–H groups in total. The Kier molecular flexibility index (Phi) is 1.86. The highest BCUT2D eigenvalue weighted by Crippen LogP contribution is 1.90. The SMILES string of the molecule is C[NH+]1CCC[C@@H]([NH3+])C1. The molecule has 8 heavy (non-hydrogen) atoms. The summed E-state index contributed by atoms with van der Waals surface area (Å²) in [6, 6.07) is 0.726. The number of likely N-dealkylation sites (N-methyl/N-ethyl adjacent to an activating group) is 1. The lowest BCUT2D eigenvalue weighted by Crippen LogP contribution is -3.13. The first kappa shape index (κ1) is 6.05. The highest BCUT2D eigenvalue weighted by Gasteiger charge is 2.18. The van der Waals surface area contributed by atoms with Gasteiger partial charge in [0.25, 0.3) is 0 Å². The fraction of sp³-hybridized carbons (Fsp3) is 1.00. The monoisotopic (exact) mass is 116 g/mol. The number of rotatable bonds is 0. The molecule has 1 saturated heterocycles. The Bertz CT molecular complexity index is 64.9. The van der Waals surface area contributed by atoms with Crippen LogP contribution in [0.1, 0.15) is 12.8 Å². The molecule has 0 bridgehead atoms. The van der Waals surface area contributed by atoms with Gasteiger partial charge in [-0.3, -0.25) is 0 Å². The molecular formula is C6H16N2+2. The summed E-state index contributed by atoms with van der Waals surface area (Å²) in [5.74, 6) is 0. The van der Waals surface area contributed by atoms with E-state index in [4.69, 9.17) is 0 Å². The Morgan fingerprint density at radius 2 is 2.38 bits per heavy atom. The van der Waals surface area contributed by atoms with E-state index in [-0.39, 0.29) is 0 Å². The van der Waals surface area contributed by atoms with Gasteiger partial charge in [-0.1, -0.05) is 0 Å². The average molecular weight is 116 g/mol. The molecule has 1 heterocycles. The zero-order valence-electron chi connectivity index (χ0n) is 5.61. The molecular weight excluding hydrogens is 100 g/mol. The summed E-state index contributed by atoms with van der Waals surface area (Å²) in [5, 5.41) is 0. The van der Waals surface area contributed by atoms with Gasteiger partial charge in [-0.05, 0) is 0 Å². The number of hydrogen-bond donors (Lipinski definition) is 2. The van der Waals surface area contributed by atoms with Gasteiger partial charge < -0.3 is 10.6 Å². The third-order valence-corrected chi connectivity index (χ3v) is 1.85. The molecule has 48 valence electrons. The van der Waals surface area contributed by atoms with Gasteiger partial charge >= 0.3 is 0 Å². The minimum absolute atomic E-state index is 0.726. The second kappa shape index (κ2) is 2.46.